The molecule has 120 valence electrons. The Morgan fingerprint density at radius 2 is 2.10 bits per heavy atom. The molecule has 0 spiro atoms. The SMILES string of the molecule is CCN1CCC(C(C)NCC(c2ccco2)N(C)C)CC1. The Morgan fingerprint density at radius 1 is 1.38 bits per heavy atom. The summed E-state index contributed by atoms with van der Waals surface area (Å²) in [5.41, 5.74) is 0. The van der Waals surface area contributed by atoms with E-state index >= 15 is 0 Å². The molecule has 2 rings (SSSR count). The zero-order valence-electron chi connectivity index (χ0n) is 14.0. The van der Waals surface area contributed by atoms with Crippen LogP contribution in [0, 0.1) is 5.92 Å². The predicted octanol–water partition coefficient (Wildman–Crippen LogP) is 2.59. The van der Waals surface area contributed by atoms with Crippen LogP contribution in [0.4, 0.5) is 0 Å². The molecule has 1 N–H and O–H groups in total. The van der Waals surface area contributed by atoms with Gasteiger partial charge in [-0.15, -0.1) is 0 Å². The number of furan rings is 1. The highest BCUT2D eigenvalue weighted by molar-refractivity contribution is 5.05. The van der Waals surface area contributed by atoms with Crippen LogP contribution < -0.4 is 5.32 Å². The number of nitrogens with zero attached hydrogens (tertiary/aromatic N) is 2. The molecule has 1 fully saturated rings. The van der Waals surface area contributed by atoms with Crippen LogP contribution in [0.3, 0.4) is 0 Å². The number of nitrogens with one attached hydrogen (secondary N) is 1. The summed E-state index contributed by atoms with van der Waals surface area (Å²) in [4.78, 5) is 4.77. The molecule has 0 bridgehead atoms. The summed E-state index contributed by atoms with van der Waals surface area (Å²) >= 11 is 0. The van der Waals surface area contributed by atoms with Gasteiger partial charge in [0, 0.05) is 12.6 Å². The standard InChI is InChI=1S/C17H31N3O/c1-5-20-10-8-15(9-11-20)14(2)18-13-16(19(3)4)17-7-6-12-21-17/h6-7,12,14-16,18H,5,8-11,13H2,1-4H3. The van der Waals surface area contributed by atoms with E-state index in [9.17, 15) is 0 Å². The summed E-state index contributed by atoms with van der Waals surface area (Å²) in [6.07, 6.45) is 4.39. The Bertz CT molecular complexity index is 383. The largest absolute Gasteiger partial charge is 0.468 e. The Kier molecular flexibility index (Phi) is 6.27. The van der Waals surface area contributed by atoms with E-state index in [1.165, 1.54) is 32.5 Å². The van der Waals surface area contributed by atoms with Crippen LogP contribution in [0.5, 0.6) is 0 Å². The minimum absolute atomic E-state index is 0.304. The van der Waals surface area contributed by atoms with Gasteiger partial charge in [-0.25, -0.2) is 0 Å². The lowest BCUT2D eigenvalue weighted by Gasteiger charge is -2.35. The van der Waals surface area contributed by atoms with E-state index in [2.05, 4.69) is 49.1 Å². The maximum atomic E-state index is 5.58. The smallest absolute Gasteiger partial charge is 0.122 e. The molecule has 4 nitrogen and oxygen atoms in total. The molecule has 0 radical (unpaired) electrons. The molecule has 0 aromatic carbocycles. The zero-order chi connectivity index (χ0) is 15.2. The summed E-state index contributed by atoms with van der Waals surface area (Å²) in [7, 11) is 4.22. The van der Waals surface area contributed by atoms with Crippen molar-refractivity contribution in [2.75, 3.05) is 40.3 Å². The van der Waals surface area contributed by atoms with Crippen molar-refractivity contribution in [1.29, 1.82) is 0 Å². The molecule has 4 heteroatoms. The molecule has 21 heavy (non-hydrogen) atoms. The van der Waals surface area contributed by atoms with Gasteiger partial charge < -0.3 is 14.6 Å². The van der Waals surface area contributed by atoms with Crippen LogP contribution >= 0.6 is 0 Å². The number of likely N-dealkylation sites (N-methyl/N-ethyl adjacent to an activating group) is 1. The van der Waals surface area contributed by atoms with Crippen molar-refractivity contribution < 1.29 is 4.42 Å². The maximum Gasteiger partial charge on any atom is 0.122 e. The lowest BCUT2D eigenvalue weighted by atomic mass is 9.90. The van der Waals surface area contributed by atoms with Gasteiger partial charge in [0.2, 0.25) is 0 Å². The first kappa shape index (κ1) is 16.5. The van der Waals surface area contributed by atoms with E-state index in [1.807, 2.05) is 6.07 Å². The van der Waals surface area contributed by atoms with Gasteiger partial charge in [0.1, 0.15) is 5.76 Å². The minimum atomic E-state index is 0.304. The summed E-state index contributed by atoms with van der Waals surface area (Å²) in [6.45, 7) is 9.23. The van der Waals surface area contributed by atoms with Crippen LogP contribution in [0.15, 0.2) is 22.8 Å². The van der Waals surface area contributed by atoms with Crippen molar-refractivity contribution >= 4 is 0 Å². The quantitative estimate of drug-likeness (QED) is 0.837. The average molecular weight is 293 g/mol. The third-order valence-electron chi connectivity index (χ3n) is 4.91. The van der Waals surface area contributed by atoms with Crippen LogP contribution in [0.2, 0.25) is 0 Å². The topological polar surface area (TPSA) is 31.6 Å². The van der Waals surface area contributed by atoms with Crippen LogP contribution in [0.1, 0.15) is 38.5 Å². The molecule has 1 aliphatic heterocycles. The number of hydrogen-bond acceptors (Lipinski definition) is 4. The van der Waals surface area contributed by atoms with E-state index < -0.39 is 0 Å². The van der Waals surface area contributed by atoms with Gasteiger partial charge in [0.05, 0.1) is 12.3 Å². The fourth-order valence-corrected chi connectivity index (χ4v) is 3.25. The first-order chi connectivity index (χ1) is 10.1. The molecular weight excluding hydrogens is 262 g/mol. The second kappa shape index (κ2) is 7.97. The normalized spacial score (nSPS) is 20.8. The summed E-state index contributed by atoms with van der Waals surface area (Å²) in [5, 5.41) is 3.73. The highest BCUT2D eigenvalue weighted by atomic mass is 16.3. The predicted molar refractivity (Wildman–Crippen MR) is 87.4 cm³/mol. The monoisotopic (exact) mass is 293 g/mol. The van der Waals surface area contributed by atoms with Crippen molar-refractivity contribution in [2.24, 2.45) is 5.92 Å². The molecule has 1 saturated heterocycles. The maximum absolute atomic E-state index is 5.58. The van der Waals surface area contributed by atoms with Crippen molar-refractivity contribution in [3.8, 4) is 0 Å². The molecule has 2 atom stereocenters. The van der Waals surface area contributed by atoms with E-state index in [4.69, 9.17) is 4.42 Å². The van der Waals surface area contributed by atoms with Gasteiger partial charge in [0.25, 0.3) is 0 Å². The fraction of sp³-hybridized carbons (Fsp3) is 0.765. The van der Waals surface area contributed by atoms with Crippen molar-refractivity contribution in [1.82, 2.24) is 15.1 Å². The third kappa shape index (κ3) is 4.56. The number of likely N-dealkylation sites (tertiary alicyclic amines) is 1. The van der Waals surface area contributed by atoms with Crippen LogP contribution in [0.25, 0.3) is 0 Å². The highest BCUT2D eigenvalue weighted by Gasteiger charge is 2.24. The van der Waals surface area contributed by atoms with Crippen LogP contribution in [-0.2, 0) is 0 Å². The number of hydrogen-bond donors (Lipinski definition) is 1. The van der Waals surface area contributed by atoms with E-state index in [0.29, 0.717) is 12.1 Å². The Hall–Kier alpha value is -0.840. The molecule has 0 saturated carbocycles. The summed E-state index contributed by atoms with van der Waals surface area (Å²) < 4.78 is 5.58. The summed E-state index contributed by atoms with van der Waals surface area (Å²) in [5.74, 6) is 1.84. The summed E-state index contributed by atoms with van der Waals surface area (Å²) in [6, 6.07) is 4.91. The minimum Gasteiger partial charge on any atom is -0.468 e. The fourth-order valence-electron chi connectivity index (χ4n) is 3.25. The molecule has 0 amide bonds. The Balaban J connectivity index is 1.81. The Morgan fingerprint density at radius 3 is 2.62 bits per heavy atom. The van der Waals surface area contributed by atoms with Crippen molar-refractivity contribution in [3.05, 3.63) is 24.2 Å². The van der Waals surface area contributed by atoms with Gasteiger partial charge in [-0.05, 0) is 71.5 Å². The first-order valence-electron chi connectivity index (χ1n) is 8.27. The highest BCUT2D eigenvalue weighted by Crippen LogP contribution is 2.22. The van der Waals surface area contributed by atoms with E-state index in [0.717, 1.165) is 18.2 Å². The first-order valence-corrected chi connectivity index (χ1v) is 8.27. The zero-order valence-corrected chi connectivity index (χ0v) is 14.0. The number of rotatable bonds is 7. The molecule has 2 heterocycles. The van der Waals surface area contributed by atoms with Crippen molar-refractivity contribution in [3.63, 3.8) is 0 Å². The molecule has 1 aromatic heterocycles. The van der Waals surface area contributed by atoms with Crippen molar-refractivity contribution in [2.45, 2.75) is 38.8 Å². The van der Waals surface area contributed by atoms with Gasteiger partial charge in [-0.1, -0.05) is 6.92 Å². The molecule has 1 aliphatic rings. The Labute approximate surface area is 129 Å². The average Bonchev–Trinajstić information content (AvgIpc) is 3.01. The van der Waals surface area contributed by atoms with Gasteiger partial charge in [0.15, 0.2) is 0 Å². The molecular formula is C17H31N3O. The lowest BCUT2D eigenvalue weighted by molar-refractivity contribution is 0.161. The van der Waals surface area contributed by atoms with Gasteiger partial charge in [-0.2, -0.15) is 0 Å². The number of piperidine rings is 1. The molecule has 1 aromatic rings. The second-order valence-corrected chi connectivity index (χ2v) is 6.46. The third-order valence-corrected chi connectivity index (χ3v) is 4.91. The molecule has 0 aliphatic carbocycles. The second-order valence-electron chi connectivity index (χ2n) is 6.46. The van der Waals surface area contributed by atoms with E-state index in [-0.39, 0.29) is 0 Å². The van der Waals surface area contributed by atoms with E-state index in [1.54, 1.807) is 6.26 Å². The lowest BCUT2D eigenvalue weighted by Crippen LogP contribution is -2.44. The van der Waals surface area contributed by atoms with Crippen LogP contribution in [-0.4, -0.2) is 56.1 Å². The van der Waals surface area contributed by atoms with Gasteiger partial charge >= 0.3 is 0 Å². The molecule has 2 unspecified atom stereocenters. The van der Waals surface area contributed by atoms with Gasteiger partial charge in [-0.3, -0.25) is 4.90 Å².